The van der Waals surface area contributed by atoms with Crippen LogP contribution in [-0.4, -0.2) is 53.7 Å². The summed E-state index contributed by atoms with van der Waals surface area (Å²) in [6.45, 7) is 2.75. The largest absolute Gasteiger partial charge is 0.481 e. The monoisotopic (exact) mass is 436 g/mol. The van der Waals surface area contributed by atoms with Crippen molar-refractivity contribution >= 4 is 18.0 Å². The molecule has 1 aliphatic heterocycles. The Bertz CT molecular complexity index is 975. The van der Waals surface area contributed by atoms with Gasteiger partial charge in [0, 0.05) is 31.5 Å². The maximum Gasteiger partial charge on any atom is 0.407 e. The Morgan fingerprint density at radius 2 is 1.72 bits per heavy atom. The van der Waals surface area contributed by atoms with Gasteiger partial charge in [-0.2, -0.15) is 0 Å². The molecule has 2 aromatic carbocycles. The van der Waals surface area contributed by atoms with Gasteiger partial charge < -0.3 is 20.1 Å². The number of rotatable bonds is 6. The van der Waals surface area contributed by atoms with Gasteiger partial charge in [-0.3, -0.25) is 9.59 Å². The predicted octanol–water partition coefficient (Wildman–Crippen LogP) is 3.63. The molecule has 7 heteroatoms. The highest BCUT2D eigenvalue weighted by molar-refractivity contribution is 5.80. The number of likely N-dealkylation sites (tertiary alicyclic amines) is 1. The number of carboxylic acids is 1. The van der Waals surface area contributed by atoms with Crippen LogP contribution in [0.15, 0.2) is 48.5 Å². The molecule has 0 saturated carbocycles. The highest BCUT2D eigenvalue weighted by Crippen LogP contribution is 2.44. The number of hydrogen-bond donors (Lipinski definition) is 2. The van der Waals surface area contributed by atoms with Crippen LogP contribution in [0.25, 0.3) is 11.1 Å². The van der Waals surface area contributed by atoms with Crippen molar-refractivity contribution in [1.29, 1.82) is 0 Å². The van der Waals surface area contributed by atoms with Crippen LogP contribution in [0.4, 0.5) is 4.79 Å². The van der Waals surface area contributed by atoms with E-state index in [0.29, 0.717) is 19.4 Å². The number of alkyl carbamates (subject to hydrolysis) is 1. The lowest BCUT2D eigenvalue weighted by atomic mass is 9.98. The molecule has 1 saturated heterocycles. The van der Waals surface area contributed by atoms with Gasteiger partial charge in [0.2, 0.25) is 5.91 Å². The van der Waals surface area contributed by atoms with Gasteiger partial charge in [0.05, 0.1) is 5.92 Å². The molecule has 1 heterocycles. The van der Waals surface area contributed by atoms with E-state index in [1.165, 1.54) is 0 Å². The van der Waals surface area contributed by atoms with Crippen molar-refractivity contribution in [1.82, 2.24) is 10.2 Å². The van der Waals surface area contributed by atoms with E-state index < -0.39 is 24.0 Å². The highest BCUT2D eigenvalue weighted by Gasteiger charge is 2.30. The van der Waals surface area contributed by atoms with E-state index in [4.69, 9.17) is 4.74 Å². The van der Waals surface area contributed by atoms with Crippen LogP contribution in [0, 0.1) is 5.92 Å². The van der Waals surface area contributed by atoms with Gasteiger partial charge in [-0.15, -0.1) is 0 Å². The molecule has 32 heavy (non-hydrogen) atoms. The molecule has 4 rings (SSSR count). The maximum absolute atomic E-state index is 12.5. The number of carboxylic acid groups (broad SMARTS) is 1. The standard InChI is InChI=1S/C25H28N2O5/c1-16(13-23(28)27-12-6-7-17(14-27)24(29)30)26-25(31)32-15-22-20-10-4-2-8-18(20)19-9-3-5-11-21(19)22/h2-5,8-11,16-17,22H,6-7,12-15H2,1H3,(H,26,31)(H,29,30)/t16-,17?/m0/s1. The average Bonchev–Trinajstić information content (AvgIpc) is 3.11. The van der Waals surface area contributed by atoms with E-state index in [1.807, 2.05) is 24.3 Å². The molecule has 0 bridgehead atoms. The van der Waals surface area contributed by atoms with Crippen LogP contribution in [0.5, 0.6) is 0 Å². The quantitative estimate of drug-likeness (QED) is 0.721. The van der Waals surface area contributed by atoms with E-state index in [9.17, 15) is 19.5 Å². The van der Waals surface area contributed by atoms with E-state index in [-0.39, 0.29) is 31.4 Å². The van der Waals surface area contributed by atoms with Crippen LogP contribution in [0.1, 0.15) is 43.2 Å². The van der Waals surface area contributed by atoms with Gasteiger partial charge >= 0.3 is 12.1 Å². The molecule has 0 spiro atoms. The molecule has 1 aliphatic carbocycles. The van der Waals surface area contributed by atoms with Crippen LogP contribution in [-0.2, 0) is 14.3 Å². The summed E-state index contributed by atoms with van der Waals surface area (Å²) >= 11 is 0. The third-order valence-corrected chi connectivity index (χ3v) is 6.31. The lowest BCUT2D eigenvalue weighted by Gasteiger charge is -2.31. The molecule has 7 nitrogen and oxygen atoms in total. The van der Waals surface area contributed by atoms with E-state index >= 15 is 0 Å². The second-order valence-electron chi connectivity index (χ2n) is 8.59. The molecule has 0 aromatic heterocycles. The fraction of sp³-hybridized carbons (Fsp3) is 0.400. The zero-order valence-corrected chi connectivity index (χ0v) is 18.1. The number of fused-ring (bicyclic) bond motifs is 3. The van der Waals surface area contributed by atoms with E-state index in [2.05, 4.69) is 29.6 Å². The fourth-order valence-electron chi connectivity index (χ4n) is 4.69. The topological polar surface area (TPSA) is 95.9 Å². The number of ether oxygens (including phenoxy) is 1. The first-order valence-corrected chi connectivity index (χ1v) is 11.1. The first-order valence-electron chi connectivity index (χ1n) is 11.1. The van der Waals surface area contributed by atoms with Crippen LogP contribution in [0.3, 0.4) is 0 Å². The van der Waals surface area contributed by atoms with Crippen molar-refractivity contribution in [2.75, 3.05) is 19.7 Å². The van der Waals surface area contributed by atoms with Crippen LogP contribution >= 0.6 is 0 Å². The number of carbonyl (C=O) groups is 3. The SMILES string of the molecule is C[C@@H](CC(=O)N1CCCC(C(=O)O)C1)NC(=O)OCC1c2ccccc2-c2ccccc21. The molecule has 168 valence electrons. The van der Waals surface area contributed by atoms with Crippen molar-refractivity contribution in [3.05, 3.63) is 59.7 Å². The summed E-state index contributed by atoms with van der Waals surface area (Å²) in [7, 11) is 0. The summed E-state index contributed by atoms with van der Waals surface area (Å²) in [5.74, 6) is -1.56. The average molecular weight is 437 g/mol. The smallest absolute Gasteiger partial charge is 0.407 e. The first kappa shape index (κ1) is 21.9. The molecular weight excluding hydrogens is 408 g/mol. The maximum atomic E-state index is 12.5. The van der Waals surface area contributed by atoms with Crippen LogP contribution < -0.4 is 5.32 Å². The summed E-state index contributed by atoms with van der Waals surface area (Å²) in [5, 5.41) is 11.9. The molecular formula is C25H28N2O5. The minimum absolute atomic E-state index is 0.0219. The van der Waals surface area contributed by atoms with Crippen molar-refractivity contribution in [2.24, 2.45) is 5.92 Å². The lowest BCUT2D eigenvalue weighted by Crippen LogP contribution is -2.45. The normalized spacial score (nSPS) is 18.4. The Morgan fingerprint density at radius 1 is 1.09 bits per heavy atom. The molecule has 2 aliphatic rings. The number of nitrogens with one attached hydrogen (secondary N) is 1. The third kappa shape index (κ3) is 4.61. The van der Waals surface area contributed by atoms with Gasteiger partial charge in [-0.25, -0.2) is 4.79 Å². The number of piperidine rings is 1. The molecule has 2 aromatic rings. The zero-order valence-electron chi connectivity index (χ0n) is 18.1. The molecule has 2 atom stereocenters. The van der Waals surface area contributed by atoms with Gasteiger partial charge in [0.1, 0.15) is 6.61 Å². The summed E-state index contributed by atoms with van der Waals surface area (Å²) in [4.78, 5) is 37.7. The predicted molar refractivity (Wildman–Crippen MR) is 119 cm³/mol. The number of carbonyl (C=O) groups excluding carboxylic acids is 2. The van der Waals surface area contributed by atoms with Crippen molar-refractivity contribution in [2.45, 2.75) is 38.1 Å². The Morgan fingerprint density at radius 3 is 2.34 bits per heavy atom. The van der Waals surface area contributed by atoms with Crippen LogP contribution in [0.2, 0.25) is 0 Å². The molecule has 2 amide bonds. The zero-order chi connectivity index (χ0) is 22.7. The summed E-state index contributed by atoms with van der Waals surface area (Å²) in [5.41, 5.74) is 4.61. The lowest BCUT2D eigenvalue weighted by molar-refractivity contribution is -0.145. The minimum atomic E-state index is -0.868. The van der Waals surface area contributed by atoms with Gasteiger partial charge in [-0.1, -0.05) is 48.5 Å². The van der Waals surface area contributed by atoms with Gasteiger partial charge in [0.25, 0.3) is 0 Å². The second-order valence-corrected chi connectivity index (χ2v) is 8.59. The number of aliphatic carboxylic acids is 1. The molecule has 1 unspecified atom stereocenters. The second kappa shape index (κ2) is 9.42. The highest BCUT2D eigenvalue weighted by atomic mass is 16.5. The first-order chi connectivity index (χ1) is 15.4. The molecule has 2 N–H and O–H groups in total. The van der Waals surface area contributed by atoms with Gasteiger partial charge in [-0.05, 0) is 42.0 Å². The Hall–Kier alpha value is -3.35. The minimum Gasteiger partial charge on any atom is -0.481 e. The van der Waals surface area contributed by atoms with E-state index in [1.54, 1.807) is 11.8 Å². The number of amides is 2. The summed E-state index contributed by atoms with van der Waals surface area (Å²) in [6, 6.07) is 15.9. The molecule has 1 fully saturated rings. The third-order valence-electron chi connectivity index (χ3n) is 6.31. The Labute approximate surface area is 187 Å². The summed E-state index contributed by atoms with van der Waals surface area (Å²) in [6.07, 6.45) is 0.814. The Balaban J connectivity index is 1.30. The van der Waals surface area contributed by atoms with Crippen molar-refractivity contribution in [3.63, 3.8) is 0 Å². The fourth-order valence-corrected chi connectivity index (χ4v) is 4.69. The number of benzene rings is 2. The van der Waals surface area contributed by atoms with Crippen molar-refractivity contribution < 1.29 is 24.2 Å². The Kier molecular flexibility index (Phi) is 6.44. The van der Waals surface area contributed by atoms with Gasteiger partial charge in [0.15, 0.2) is 0 Å². The van der Waals surface area contributed by atoms with E-state index in [0.717, 1.165) is 22.3 Å². The number of hydrogen-bond acceptors (Lipinski definition) is 4. The molecule has 0 radical (unpaired) electrons. The number of nitrogens with zero attached hydrogens (tertiary/aromatic N) is 1. The van der Waals surface area contributed by atoms with Crippen molar-refractivity contribution in [3.8, 4) is 11.1 Å². The summed E-state index contributed by atoms with van der Waals surface area (Å²) < 4.78 is 5.53.